The van der Waals surface area contributed by atoms with Gasteiger partial charge in [-0.2, -0.15) is 0 Å². The zero-order valence-corrected chi connectivity index (χ0v) is 12.0. The Bertz CT molecular complexity index is 398. The molecule has 1 atom stereocenters. The van der Waals surface area contributed by atoms with Crippen molar-refractivity contribution in [2.75, 3.05) is 18.1 Å². The molecular formula is C13H25NO3S. The molecule has 1 saturated carbocycles. The number of hydrogen-bond donors (Lipinski definition) is 2. The zero-order chi connectivity index (χ0) is 13.4. The van der Waals surface area contributed by atoms with Crippen molar-refractivity contribution >= 4 is 9.84 Å². The van der Waals surface area contributed by atoms with Gasteiger partial charge >= 0.3 is 0 Å². The van der Waals surface area contributed by atoms with E-state index in [4.69, 9.17) is 5.73 Å². The molecular weight excluding hydrogens is 250 g/mol. The van der Waals surface area contributed by atoms with Gasteiger partial charge in [-0.25, -0.2) is 8.42 Å². The summed E-state index contributed by atoms with van der Waals surface area (Å²) in [4.78, 5) is 0. The predicted molar refractivity (Wildman–Crippen MR) is 72.0 cm³/mol. The largest absolute Gasteiger partial charge is 0.388 e. The summed E-state index contributed by atoms with van der Waals surface area (Å²) in [5.41, 5.74) is 4.47. The highest BCUT2D eigenvalue weighted by Gasteiger charge is 2.55. The van der Waals surface area contributed by atoms with E-state index in [0.717, 1.165) is 32.1 Å². The van der Waals surface area contributed by atoms with E-state index in [1.54, 1.807) is 0 Å². The number of sulfone groups is 1. The van der Waals surface area contributed by atoms with Gasteiger partial charge in [-0.05, 0) is 38.0 Å². The topological polar surface area (TPSA) is 80.4 Å². The first-order valence-corrected chi connectivity index (χ1v) is 8.81. The first-order valence-electron chi connectivity index (χ1n) is 6.99. The molecule has 1 aliphatic carbocycles. The van der Waals surface area contributed by atoms with Crippen molar-refractivity contribution < 1.29 is 13.5 Å². The van der Waals surface area contributed by atoms with Gasteiger partial charge in [0, 0.05) is 12.0 Å². The lowest BCUT2D eigenvalue weighted by atomic mass is 9.61. The van der Waals surface area contributed by atoms with Crippen LogP contribution in [0.25, 0.3) is 0 Å². The van der Waals surface area contributed by atoms with Gasteiger partial charge in [0.1, 0.15) is 0 Å². The van der Waals surface area contributed by atoms with Crippen LogP contribution in [0.15, 0.2) is 0 Å². The lowest BCUT2D eigenvalue weighted by Gasteiger charge is -2.48. The fraction of sp³-hybridized carbons (Fsp3) is 1.00. The van der Waals surface area contributed by atoms with Gasteiger partial charge in [-0.3, -0.25) is 0 Å². The normalized spacial score (nSPS) is 44.1. The Hall–Kier alpha value is -0.130. The van der Waals surface area contributed by atoms with Gasteiger partial charge in [0.25, 0.3) is 0 Å². The van der Waals surface area contributed by atoms with Crippen LogP contribution in [-0.4, -0.2) is 37.2 Å². The fourth-order valence-electron chi connectivity index (χ4n) is 3.75. The number of hydrogen-bond acceptors (Lipinski definition) is 4. The fourth-order valence-corrected chi connectivity index (χ4v) is 5.72. The van der Waals surface area contributed by atoms with E-state index in [1.165, 1.54) is 0 Å². The zero-order valence-electron chi connectivity index (χ0n) is 11.2. The van der Waals surface area contributed by atoms with Crippen molar-refractivity contribution in [2.45, 2.75) is 51.0 Å². The molecule has 18 heavy (non-hydrogen) atoms. The molecule has 2 aliphatic rings. The van der Waals surface area contributed by atoms with Crippen LogP contribution >= 0.6 is 0 Å². The second-order valence-electron chi connectivity index (χ2n) is 6.21. The molecule has 5 heteroatoms. The molecule has 0 amide bonds. The summed E-state index contributed by atoms with van der Waals surface area (Å²) < 4.78 is 23.3. The van der Waals surface area contributed by atoms with Crippen molar-refractivity contribution in [2.24, 2.45) is 17.1 Å². The van der Waals surface area contributed by atoms with Crippen LogP contribution in [-0.2, 0) is 9.84 Å². The van der Waals surface area contributed by atoms with E-state index in [0.29, 0.717) is 18.9 Å². The summed E-state index contributed by atoms with van der Waals surface area (Å²) >= 11 is 0. The number of aliphatic hydroxyl groups is 1. The molecule has 1 heterocycles. The Balaban J connectivity index is 2.19. The van der Waals surface area contributed by atoms with Gasteiger partial charge in [0.2, 0.25) is 0 Å². The molecule has 0 bridgehead atoms. The van der Waals surface area contributed by atoms with Crippen molar-refractivity contribution in [1.82, 2.24) is 0 Å². The SMILES string of the molecule is CCC1CCC(CN)(C2(O)CCS(=O)(=O)C2)CC1. The molecule has 3 N–H and O–H groups in total. The smallest absolute Gasteiger partial charge is 0.153 e. The maximum atomic E-state index is 11.7. The average Bonchev–Trinajstić information content (AvgIpc) is 2.65. The highest BCUT2D eigenvalue weighted by molar-refractivity contribution is 7.91. The first kappa shape index (κ1) is 14.3. The minimum atomic E-state index is -3.08. The van der Waals surface area contributed by atoms with E-state index >= 15 is 0 Å². The highest BCUT2D eigenvalue weighted by Crippen LogP contribution is 2.50. The highest BCUT2D eigenvalue weighted by atomic mass is 32.2. The molecule has 0 aromatic carbocycles. The summed E-state index contributed by atoms with van der Waals surface area (Å²) in [6.07, 6.45) is 5.40. The van der Waals surface area contributed by atoms with E-state index < -0.39 is 15.4 Å². The number of nitrogens with two attached hydrogens (primary N) is 1. The van der Waals surface area contributed by atoms with Gasteiger partial charge in [-0.15, -0.1) is 0 Å². The summed E-state index contributed by atoms with van der Waals surface area (Å²) in [7, 11) is -3.08. The molecule has 4 nitrogen and oxygen atoms in total. The van der Waals surface area contributed by atoms with E-state index in [2.05, 4.69) is 6.92 Å². The lowest BCUT2D eigenvalue weighted by Crippen LogP contribution is -2.55. The average molecular weight is 275 g/mol. The summed E-state index contributed by atoms with van der Waals surface area (Å²) in [5.74, 6) is 0.738. The lowest BCUT2D eigenvalue weighted by molar-refractivity contribution is -0.0859. The van der Waals surface area contributed by atoms with Crippen molar-refractivity contribution in [1.29, 1.82) is 0 Å². The molecule has 2 fully saturated rings. The van der Waals surface area contributed by atoms with Crippen LogP contribution in [0.3, 0.4) is 0 Å². The maximum Gasteiger partial charge on any atom is 0.153 e. The second-order valence-corrected chi connectivity index (χ2v) is 8.39. The summed E-state index contributed by atoms with van der Waals surface area (Å²) in [6.45, 7) is 2.59. The third-order valence-corrected chi connectivity index (χ3v) is 7.05. The monoisotopic (exact) mass is 275 g/mol. The molecule has 1 unspecified atom stereocenters. The molecule has 1 saturated heterocycles. The quantitative estimate of drug-likeness (QED) is 0.807. The Morgan fingerprint density at radius 1 is 1.28 bits per heavy atom. The number of rotatable bonds is 3. The molecule has 2 rings (SSSR count). The minimum Gasteiger partial charge on any atom is -0.388 e. The van der Waals surface area contributed by atoms with E-state index in [-0.39, 0.29) is 16.9 Å². The van der Waals surface area contributed by atoms with Crippen LogP contribution in [0.4, 0.5) is 0 Å². The minimum absolute atomic E-state index is 0.0893. The van der Waals surface area contributed by atoms with Gasteiger partial charge in [0.05, 0.1) is 17.1 Å². The molecule has 0 aromatic rings. The molecule has 106 valence electrons. The van der Waals surface area contributed by atoms with Crippen molar-refractivity contribution in [3.8, 4) is 0 Å². The van der Waals surface area contributed by atoms with Crippen LogP contribution < -0.4 is 5.73 Å². The predicted octanol–water partition coefficient (Wildman–Crippen LogP) is 1.08. The third-order valence-electron chi connectivity index (χ3n) is 5.30. The van der Waals surface area contributed by atoms with Crippen LogP contribution in [0.2, 0.25) is 0 Å². The molecule has 1 aliphatic heterocycles. The van der Waals surface area contributed by atoms with Crippen molar-refractivity contribution in [3.63, 3.8) is 0 Å². The molecule has 0 aromatic heterocycles. The van der Waals surface area contributed by atoms with Crippen LogP contribution in [0, 0.1) is 11.3 Å². The standard InChI is InChI=1S/C13H25NO3S/c1-2-11-3-5-12(9-14,6-4-11)13(15)7-8-18(16,17)10-13/h11,15H,2-10,14H2,1H3. The van der Waals surface area contributed by atoms with Gasteiger partial charge in [-0.1, -0.05) is 13.3 Å². The summed E-state index contributed by atoms with van der Waals surface area (Å²) in [5, 5.41) is 10.8. The van der Waals surface area contributed by atoms with Gasteiger partial charge < -0.3 is 10.8 Å². The first-order chi connectivity index (χ1) is 8.36. The van der Waals surface area contributed by atoms with Crippen LogP contribution in [0.1, 0.15) is 45.4 Å². The molecule has 0 spiro atoms. The Labute approximate surface area is 110 Å². The molecule has 0 radical (unpaired) electrons. The Morgan fingerprint density at radius 3 is 2.28 bits per heavy atom. The Morgan fingerprint density at radius 2 is 1.89 bits per heavy atom. The van der Waals surface area contributed by atoms with E-state index in [1.807, 2.05) is 0 Å². The maximum absolute atomic E-state index is 11.7. The summed E-state index contributed by atoms with van der Waals surface area (Å²) in [6, 6.07) is 0. The van der Waals surface area contributed by atoms with Gasteiger partial charge in [0.15, 0.2) is 9.84 Å². The Kier molecular flexibility index (Phi) is 3.78. The van der Waals surface area contributed by atoms with Crippen LogP contribution in [0.5, 0.6) is 0 Å². The second kappa shape index (κ2) is 4.76. The third kappa shape index (κ3) is 2.32. The van der Waals surface area contributed by atoms with E-state index in [9.17, 15) is 13.5 Å². The van der Waals surface area contributed by atoms with Crippen molar-refractivity contribution in [3.05, 3.63) is 0 Å².